The lowest BCUT2D eigenvalue weighted by Gasteiger charge is -2.13. The van der Waals surface area contributed by atoms with Gasteiger partial charge < -0.3 is 20.7 Å². The monoisotopic (exact) mass is 428 g/mol. The number of nitrogens with zero attached hydrogens (tertiary/aromatic N) is 2. The molecule has 0 saturated carbocycles. The van der Waals surface area contributed by atoms with Gasteiger partial charge in [-0.1, -0.05) is 36.4 Å². The SMILES string of the molecule is Cc1nc2cc(C(=O)Nc3ccccc3CC(=O)O)cc(-c3cccc(CN)c3)c2n1C. The van der Waals surface area contributed by atoms with Crippen LogP contribution in [0.15, 0.2) is 60.7 Å². The van der Waals surface area contributed by atoms with Gasteiger partial charge in [0.15, 0.2) is 0 Å². The molecule has 3 aromatic carbocycles. The normalized spacial score (nSPS) is 11.0. The third-order valence-electron chi connectivity index (χ3n) is 5.54. The number of anilines is 1. The van der Waals surface area contributed by atoms with Crippen LogP contribution in [-0.4, -0.2) is 26.5 Å². The van der Waals surface area contributed by atoms with Crippen molar-refractivity contribution < 1.29 is 14.7 Å². The van der Waals surface area contributed by atoms with Crippen LogP contribution in [0.3, 0.4) is 0 Å². The Bertz CT molecular complexity index is 1340. The number of benzene rings is 3. The minimum Gasteiger partial charge on any atom is -0.481 e. The van der Waals surface area contributed by atoms with Gasteiger partial charge in [-0.25, -0.2) is 4.98 Å². The summed E-state index contributed by atoms with van der Waals surface area (Å²) in [4.78, 5) is 29.0. The van der Waals surface area contributed by atoms with E-state index in [9.17, 15) is 9.59 Å². The molecule has 4 aromatic rings. The first kappa shape index (κ1) is 21.3. The molecule has 1 aromatic heterocycles. The van der Waals surface area contributed by atoms with Gasteiger partial charge in [-0.15, -0.1) is 0 Å². The van der Waals surface area contributed by atoms with Crippen molar-refractivity contribution in [2.24, 2.45) is 12.8 Å². The number of aromatic nitrogens is 2. The van der Waals surface area contributed by atoms with Gasteiger partial charge in [0, 0.05) is 30.4 Å². The van der Waals surface area contributed by atoms with Crippen molar-refractivity contribution >= 4 is 28.6 Å². The van der Waals surface area contributed by atoms with Gasteiger partial charge in [-0.3, -0.25) is 9.59 Å². The predicted octanol–water partition coefficient (Wildman–Crippen LogP) is 3.89. The van der Waals surface area contributed by atoms with Crippen LogP contribution in [0.1, 0.15) is 27.3 Å². The molecule has 0 saturated heterocycles. The second kappa shape index (κ2) is 8.64. The fourth-order valence-corrected chi connectivity index (χ4v) is 3.84. The van der Waals surface area contributed by atoms with E-state index in [1.807, 2.05) is 48.9 Å². The molecule has 0 radical (unpaired) electrons. The van der Waals surface area contributed by atoms with Gasteiger partial charge in [-0.05, 0) is 47.9 Å². The minimum atomic E-state index is -0.959. The number of carbonyl (C=O) groups is 2. The largest absolute Gasteiger partial charge is 0.481 e. The fraction of sp³-hybridized carbons (Fsp3) is 0.160. The summed E-state index contributed by atoms with van der Waals surface area (Å²) in [6, 6.07) is 18.4. The molecule has 0 aliphatic rings. The second-order valence-electron chi connectivity index (χ2n) is 7.70. The van der Waals surface area contributed by atoms with Crippen LogP contribution >= 0.6 is 0 Å². The van der Waals surface area contributed by atoms with E-state index >= 15 is 0 Å². The Labute approximate surface area is 185 Å². The van der Waals surface area contributed by atoms with E-state index in [2.05, 4.69) is 10.3 Å². The summed E-state index contributed by atoms with van der Waals surface area (Å²) in [6.07, 6.45) is -0.175. The molecule has 1 amide bonds. The Morgan fingerprint density at radius 2 is 1.88 bits per heavy atom. The highest BCUT2D eigenvalue weighted by atomic mass is 16.4. The standard InChI is InChI=1S/C25H24N4O3/c1-15-27-22-12-19(25(32)28-21-9-4-3-7-18(21)13-23(30)31)11-20(24(22)29(15)2)17-8-5-6-16(10-17)14-26/h3-12H,13-14,26H2,1-2H3,(H,28,32)(H,30,31). The van der Waals surface area contributed by atoms with E-state index in [1.165, 1.54) is 0 Å². The van der Waals surface area contributed by atoms with Crippen LogP contribution in [0.5, 0.6) is 0 Å². The van der Waals surface area contributed by atoms with Crippen molar-refractivity contribution in [3.05, 3.63) is 83.2 Å². The smallest absolute Gasteiger partial charge is 0.307 e. The number of amides is 1. The second-order valence-corrected chi connectivity index (χ2v) is 7.70. The van der Waals surface area contributed by atoms with Crippen molar-refractivity contribution in [3.8, 4) is 11.1 Å². The molecule has 4 rings (SSSR count). The maximum atomic E-state index is 13.2. The summed E-state index contributed by atoms with van der Waals surface area (Å²) in [6.45, 7) is 2.34. The lowest BCUT2D eigenvalue weighted by molar-refractivity contribution is -0.136. The number of nitrogens with one attached hydrogen (secondary N) is 1. The van der Waals surface area contributed by atoms with Crippen molar-refractivity contribution in [1.82, 2.24) is 9.55 Å². The zero-order valence-electron chi connectivity index (χ0n) is 17.9. The fourth-order valence-electron chi connectivity index (χ4n) is 3.84. The Kier molecular flexibility index (Phi) is 5.75. The maximum Gasteiger partial charge on any atom is 0.307 e. The zero-order valence-corrected chi connectivity index (χ0v) is 17.9. The highest BCUT2D eigenvalue weighted by molar-refractivity contribution is 6.09. The topological polar surface area (TPSA) is 110 Å². The molecule has 0 unspecified atom stereocenters. The Morgan fingerprint density at radius 3 is 2.62 bits per heavy atom. The molecule has 7 nitrogen and oxygen atoms in total. The first-order chi connectivity index (χ1) is 15.4. The predicted molar refractivity (Wildman–Crippen MR) is 125 cm³/mol. The highest BCUT2D eigenvalue weighted by Crippen LogP contribution is 2.31. The first-order valence-corrected chi connectivity index (χ1v) is 10.2. The first-order valence-electron chi connectivity index (χ1n) is 10.2. The number of hydrogen-bond acceptors (Lipinski definition) is 4. The summed E-state index contributed by atoms with van der Waals surface area (Å²) in [5, 5.41) is 12.0. The minimum absolute atomic E-state index is 0.175. The number of nitrogens with two attached hydrogens (primary N) is 1. The molecular formula is C25H24N4O3. The molecule has 0 fully saturated rings. The van der Waals surface area contributed by atoms with E-state index in [0.717, 1.165) is 28.0 Å². The average Bonchev–Trinajstić information content (AvgIpc) is 3.07. The summed E-state index contributed by atoms with van der Waals surface area (Å²) < 4.78 is 2.00. The van der Waals surface area contributed by atoms with Gasteiger partial charge >= 0.3 is 5.97 Å². The number of aliphatic carboxylic acids is 1. The number of carboxylic acid groups (broad SMARTS) is 1. The number of aryl methyl sites for hydroxylation is 2. The average molecular weight is 428 g/mol. The van der Waals surface area contributed by atoms with Crippen LogP contribution < -0.4 is 11.1 Å². The number of carbonyl (C=O) groups excluding carboxylic acids is 1. The molecule has 7 heteroatoms. The molecule has 0 aliphatic heterocycles. The van der Waals surface area contributed by atoms with Gasteiger partial charge in [0.25, 0.3) is 5.91 Å². The highest BCUT2D eigenvalue weighted by Gasteiger charge is 2.18. The van der Waals surface area contributed by atoms with Crippen LogP contribution in [0, 0.1) is 6.92 Å². The van der Waals surface area contributed by atoms with Crippen molar-refractivity contribution in [2.75, 3.05) is 5.32 Å². The number of fused-ring (bicyclic) bond motifs is 1. The molecule has 162 valence electrons. The Hall–Kier alpha value is -3.97. The van der Waals surface area contributed by atoms with E-state index in [4.69, 9.17) is 10.8 Å². The quantitative estimate of drug-likeness (QED) is 0.432. The van der Waals surface area contributed by atoms with E-state index in [-0.39, 0.29) is 12.3 Å². The molecular weight excluding hydrogens is 404 g/mol. The van der Waals surface area contributed by atoms with Gasteiger partial charge in [0.2, 0.25) is 0 Å². The van der Waals surface area contributed by atoms with Crippen LogP contribution in [0.25, 0.3) is 22.2 Å². The third-order valence-corrected chi connectivity index (χ3v) is 5.54. The Morgan fingerprint density at radius 1 is 1.09 bits per heavy atom. The summed E-state index contributed by atoms with van der Waals surface area (Å²) >= 11 is 0. The van der Waals surface area contributed by atoms with Crippen LogP contribution in [-0.2, 0) is 24.8 Å². The molecule has 0 bridgehead atoms. The van der Waals surface area contributed by atoms with Gasteiger partial charge in [0.05, 0.1) is 17.5 Å². The van der Waals surface area contributed by atoms with Crippen LogP contribution in [0.2, 0.25) is 0 Å². The molecule has 1 heterocycles. The number of carboxylic acids is 1. The third kappa shape index (κ3) is 4.10. The molecule has 32 heavy (non-hydrogen) atoms. The van der Waals surface area contributed by atoms with Gasteiger partial charge in [0.1, 0.15) is 5.82 Å². The maximum absolute atomic E-state index is 13.2. The lowest BCUT2D eigenvalue weighted by Crippen LogP contribution is -2.14. The molecule has 4 N–H and O–H groups in total. The number of rotatable bonds is 6. The van der Waals surface area contributed by atoms with Crippen LogP contribution in [0.4, 0.5) is 5.69 Å². The summed E-state index contributed by atoms with van der Waals surface area (Å²) in [7, 11) is 1.95. The molecule has 0 aliphatic carbocycles. The van der Waals surface area contributed by atoms with Crippen molar-refractivity contribution in [2.45, 2.75) is 19.9 Å². The van der Waals surface area contributed by atoms with Crippen molar-refractivity contribution in [3.63, 3.8) is 0 Å². The van der Waals surface area contributed by atoms with Gasteiger partial charge in [-0.2, -0.15) is 0 Å². The zero-order chi connectivity index (χ0) is 22.8. The van der Waals surface area contributed by atoms with E-state index < -0.39 is 5.97 Å². The molecule has 0 atom stereocenters. The lowest BCUT2D eigenvalue weighted by atomic mass is 9.98. The molecule has 0 spiro atoms. The number of para-hydroxylation sites is 1. The Balaban J connectivity index is 1.80. The summed E-state index contributed by atoms with van der Waals surface area (Å²) in [5.41, 5.74) is 11.7. The van der Waals surface area contributed by atoms with E-state index in [1.54, 1.807) is 30.3 Å². The summed E-state index contributed by atoms with van der Waals surface area (Å²) in [5.74, 6) is -0.455. The number of hydrogen-bond donors (Lipinski definition) is 3. The van der Waals surface area contributed by atoms with Crippen molar-refractivity contribution in [1.29, 1.82) is 0 Å². The number of imidazole rings is 1. The van der Waals surface area contributed by atoms with E-state index in [0.29, 0.717) is 28.9 Å².